The molecule has 0 N–H and O–H groups in total. The Morgan fingerprint density at radius 2 is 1.53 bits per heavy atom. The van der Waals surface area contributed by atoms with Crippen LogP contribution in [0.5, 0.6) is 0 Å². The highest BCUT2D eigenvalue weighted by Crippen LogP contribution is 2.23. The lowest BCUT2D eigenvalue weighted by Gasteiger charge is -2.21. The van der Waals surface area contributed by atoms with Gasteiger partial charge in [0.15, 0.2) is 0 Å². The molecule has 1 aliphatic rings. The normalized spacial score (nSPS) is 20.1. The molecule has 0 aromatic carbocycles. The number of nitrogens with zero attached hydrogens (tertiary/aromatic N) is 1. The summed E-state index contributed by atoms with van der Waals surface area (Å²) in [6.45, 7) is 0. The molecule has 1 fully saturated rings. The van der Waals surface area contributed by atoms with E-state index >= 15 is 0 Å². The highest BCUT2D eigenvalue weighted by atomic mass is 16.7. The van der Waals surface area contributed by atoms with E-state index in [1.165, 1.54) is 43.6 Å². The van der Waals surface area contributed by atoms with Crippen molar-refractivity contribution in [1.82, 2.24) is 5.06 Å². The van der Waals surface area contributed by atoms with E-state index in [0.717, 1.165) is 12.8 Å². The summed E-state index contributed by atoms with van der Waals surface area (Å²) in [5, 5.41) is 1.38. The van der Waals surface area contributed by atoms with Gasteiger partial charge in [0, 0.05) is 13.0 Å². The molecular weight excluding hydrogens is 190 g/mol. The summed E-state index contributed by atoms with van der Waals surface area (Å²) in [5.41, 5.74) is 0. The van der Waals surface area contributed by atoms with Gasteiger partial charge in [0.2, 0.25) is 5.91 Å². The van der Waals surface area contributed by atoms with Crippen molar-refractivity contribution in [3.05, 3.63) is 0 Å². The van der Waals surface area contributed by atoms with Crippen LogP contribution in [0.3, 0.4) is 0 Å². The molecule has 3 nitrogen and oxygen atoms in total. The Morgan fingerprint density at radius 3 is 2.00 bits per heavy atom. The predicted molar refractivity (Wildman–Crippen MR) is 60.2 cm³/mol. The van der Waals surface area contributed by atoms with E-state index in [1.54, 1.807) is 14.2 Å². The van der Waals surface area contributed by atoms with Crippen molar-refractivity contribution in [2.45, 2.75) is 51.4 Å². The molecule has 1 rings (SSSR count). The van der Waals surface area contributed by atoms with Gasteiger partial charge < -0.3 is 0 Å². The highest BCUT2D eigenvalue weighted by Gasteiger charge is 2.21. The zero-order valence-corrected chi connectivity index (χ0v) is 10.00. The van der Waals surface area contributed by atoms with Gasteiger partial charge in [0.25, 0.3) is 0 Å². The van der Waals surface area contributed by atoms with Crippen LogP contribution in [0.1, 0.15) is 51.4 Å². The standard InChI is InChI=1S/C12H23NO2/c1-13(15-2)12(14)11-9-7-5-3-4-6-8-10-11/h11H,3-10H2,1-2H3. The van der Waals surface area contributed by atoms with Crippen molar-refractivity contribution in [2.75, 3.05) is 14.2 Å². The van der Waals surface area contributed by atoms with Gasteiger partial charge in [0.05, 0.1) is 7.11 Å². The van der Waals surface area contributed by atoms with Crippen LogP contribution in [0.15, 0.2) is 0 Å². The van der Waals surface area contributed by atoms with Crippen molar-refractivity contribution in [3.63, 3.8) is 0 Å². The van der Waals surface area contributed by atoms with Gasteiger partial charge in [-0.1, -0.05) is 38.5 Å². The second kappa shape index (κ2) is 6.83. The minimum absolute atomic E-state index is 0.152. The first-order valence-corrected chi connectivity index (χ1v) is 6.07. The summed E-state index contributed by atoms with van der Waals surface area (Å²) < 4.78 is 0. The molecule has 1 aliphatic carbocycles. The maximum atomic E-state index is 11.9. The summed E-state index contributed by atoms with van der Waals surface area (Å²) in [5.74, 6) is 0.340. The molecule has 0 heterocycles. The summed E-state index contributed by atoms with van der Waals surface area (Å²) in [6.07, 6.45) is 9.67. The van der Waals surface area contributed by atoms with E-state index in [-0.39, 0.29) is 11.8 Å². The van der Waals surface area contributed by atoms with Crippen molar-refractivity contribution in [1.29, 1.82) is 0 Å². The molecule has 0 saturated heterocycles. The molecule has 0 radical (unpaired) electrons. The molecule has 0 atom stereocenters. The maximum absolute atomic E-state index is 11.9. The number of rotatable bonds is 2. The first kappa shape index (κ1) is 12.5. The fourth-order valence-electron chi connectivity index (χ4n) is 2.23. The van der Waals surface area contributed by atoms with E-state index in [0.29, 0.717) is 0 Å². The first-order valence-electron chi connectivity index (χ1n) is 6.07. The van der Waals surface area contributed by atoms with Crippen molar-refractivity contribution < 1.29 is 9.63 Å². The SMILES string of the molecule is CON(C)C(=O)C1CCCCCCCC1. The number of carbonyl (C=O) groups is 1. The van der Waals surface area contributed by atoms with Crippen LogP contribution in [-0.2, 0) is 9.63 Å². The zero-order chi connectivity index (χ0) is 11.1. The summed E-state index contributed by atoms with van der Waals surface area (Å²) in [7, 11) is 3.25. The van der Waals surface area contributed by atoms with Crippen LogP contribution in [0.2, 0.25) is 0 Å². The van der Waals surface area contributed by atoms with Crippen molar-refractivity contribution in [2.24, 2.45) is 5.92 Å². The Labute approximate surface area is 92.7 Å². The number of hydrogen-bond donors (Lipinski definition) is 0. The number of amides is 1. The summed E-state index contributed by atoms with van der Waals surface area (Å²) in [4.78, 5) is 16.9. The van der Waals surface area contributed by atoms with Gasteiger partial charge in [0.1, 0.15) is 0 Å². The van der Waals surface area contributed by atoms with E-state index in [2.05, 4.69) is 0 Å². The second-order valence-electron chi connectivity index (χ2n) is 4.41. The molecule has 1 amide bonds. The van der Waals surface area contributed by atoms with Gasteiger partial charge >= 0.3 is 0 Å². The van der Waals surface area contributed by atoms with Crippen LogP contribution in [0.25, 0.3) is 0 Å². The Bertz CT molecular complexity index is 184. The molecular formula is C12H23NO2. The smallest absolute Gasteiger partial charge is 0.248 e. The van der Waals surface area contributed by atoms with Crippen LogP contribution in [-0.4, -0.2) is 25.1 Å². The maximum Gasteiger partial charge on any atom is 0.248 e. The molecule has 0 unspecified atom stereocenters. The fourth-order valence-corrected chi connectivity index (χ4v) is 2.23. The van der Waals surface area contributed by atoms with Gasteiger partial charge in [-0.05, 0) is 12.8 Å². The first-order chi connectivity index (χ1) is 7.25. The molecule has 88 valence electrons. The average Bonchev–Trinajstić information content (AvgIpc) is 2.40. The van der Waals surface area contributed by atoms with E-state index in [1.807, 2.05) is 0 Å². The van der Waals surface area contributed by atoms with Crippen molar-refractivity contribution in [3.8, 4) is 0 Å². The number of hydrogen-bond acceptors (Lipinski definition) is 2. The van der Waals surface area contributed by atoms with Gasteiger partial charge in [-0.25, -0.2) is 5.06 Å². The molecule has 1 saturated carbocycles. The zero-order valence-electron chi connectivity index (χ0n) is 10.00. The molecule has 0 bridgehead atoms. The second-order valence-corrected chi connectivity index (χ2v) is 4.41. The summed E-state index contributed by atoms with van der Waals surface area (Å²) >= 11 is 0. The monoisotopic (exact) mass is 213 g/mol. The highest BCUT2D eigenvalue weighted by molar-refractivity contribution is 5.77. The largest absolute Gasteiger partial charge is 0.275 e. The molecule has 3 heteroatoms. The molecule has 0 aliphatic heterocycles. The van der Waals surface area contributed by atoms with E-state index in [9.17, 15) is 4.79 Å². The summed E-state index contributed by atoms with van der Waals surface area (Å²) in [6, 6.07) is 0. The molecule has 0 spiro atoms. The van der Waals surface area contributed by atoms with Crippen LogP contribution in [0.4, 0.5) is 0 Å². The Balaban J connectivity index is 2.45. The van der Waals surface area contributed by atoms with Crippen LogP contribution in [0, 0.1) is 5.92 Å². The topological polar surface area (TPSA) is 29.5 Å². The van der Waals surface area contributed by atoms with Gasteiger partial charge in [-0.15, -0.1) is 0 Å². The molecule has 15 heavy (non-hydrogen) atoms. The third kappa shape index (κ3) is 4.20. The van der Waals surface area contributed by atoms with Gasteiger partial charge in [-0.2, -0.15) is 0 Å². The quantitative estimate of drug-likeness (QED) is 0.660. The number of hydroxylamine groups is 2. The van der Waals surface area contributed by atoms with Crippen LogP contribution >= 0.6 is 0 Å². The number of carbonyl (C=O) groups excluding carboxylic acids is 1. The minimum Gasteiger partial charge on any atom is -0.275 e. The van der Waals surface area contributed by atoms with Crippen LogP contribution < -0.4 is 0 Å². The van der Waals surface area contributed by atoms with Gasteiger partial charge in [-0.3, -0.25) is 9.63 Å². The van der Waals surface area contributed by atoms with Crippen molar-refractivity contribution >= 4 is 5.91 Å². The lowest BCUT2D eigenvalue weighted by atomic mass is 9.96. The third-order valence-electron chi connectivity index (χ3n) is 3.29. The van der Waals surface area contributed by atoms with E-state index < -0.39 is 0 Å². The lowest BCUT2D eigenvalue weighted by Crippen LogP contribution is -2.32. The molecule has 0 aromatic heterocycles. The average molecular weight is 213 g/mol. The Kier molecular flexibility index (Phi) is 5.69. The lowest BCUT2D eigenvalue weighted by molar-refractivity contribution is -0.174. The third-order valence-corrected chi connectivity index (χ3v) is 3.29. The van der Waals surface area contributed by atoms with E-state index in [4.69, 9.17) is 4.84 Å². The Hall–Kier alpha value is -0.570. The Morgan fingerprint density at radius 1 is 1.07 bits per heavy atom. The predicted octanol–water partition coefficient (Wildman–Crippen LogP) is 2.76. The fraction of sp³-hybridized carbons (Fsp3) is 0.917. The minimum atomic E-state index is 0.152. The molecule has 0 aromatic rings.